The number of carbonyl (C=O) groups excluding carboxylic acids is 2. The number of carboxylic acids is 2. The van der Waals surface area contributed by atoms with E-state index >= 15 is 0 Å². The summed E-state index contributed by atoms with van der Waals surface area (Å²) in [5.74, 6) is -1.67. The van der Waals surface area contributed by atoms with Gasteiger partial charge in [0.2, 0.25) is 0 Å². The highest BCUT2D eigenvalue weighted by Crippen LogP contribution is 2.55. The van der Waals surface area contributed by atoms with E-state index < -0.39 is 17.9 Å². The average Bonchev–Trinajstić information content (AvgIpc) is 2.98. The lowest BCUT2D eigenvalue weighted by molar-refractivity contribution is -0.137. The third-order valence-electron chi connectivity index (χ3n) is 9.31. The topological polar surface area (TPSA) is 130 Å². The molecule has 2 aromatic rings. The van der Waals surface area contributed by atoms with Crippen LogP contribution in [-0.2, 0) is 27.4 Å². The van der Waals surface area contributed by atoms with Crippen molar-refractivity contribution < 1.29 is 38.9 Å². The average molecular weight is 656 g/mol. The summed E-state index contributed by atoms with van der Waals surface area (Å²) in [7, 11) is 0. The van der Waals surface area contributed by atoms with Crippen LogP contribution in [0.15, 0.2) is 71.6 Å². The Morgan fingerprint density at radius 1 is 0.917 bits per heavy atom. The molecule has 254 valence electrons. The minimum absolute atomic E-state index is 0.0378. The van der Waals surface area contributed by atoms with Gasteiger partial charge in [-0.3, -0.25) is 14.4 Å². The van der Waals surface area contributed by atoms with Gasteiger partial charge < -0.3 is 24.6 Å². The van der Waals surface area contributed by atoms with Crippen molar-refractivity contribution in [2.45, 2.75) is 85.7 Å². The van der Waals surface area contributed by atoms with Crippen molar-refractivity contribution in [3.05, 3.63) is 93.8 Å². The van der Waals surface area contributed by atoms with Crippen LogP contribution in [0.1, 0.15) is 99.7 Å². The number of carbonyl (C=O) groups is 4. The summed E-state index contributed by atoms with van der Waals surface area (Å²) >= 11 is 0. The molecular weight excluding hydrogens is 610 g/mol. The van der Waals surface area contributed by atoms with Crippen LogP contribution < -0.4 is 9.47 Å². The molecule has 9 nitrogen and oxygen atoms in total. The Bertz CT molecular complexity index is 1670. The van der Waals surface area contributed by atoms with Crippen molar-refractivity contribution >= 4 is 23.5 Å². The molecule has 1 heterocycles. The Labute approximate surface area is 281 Å². The molecule has 2 N–H and O–H groups in total. The number of hydrogen-bond donors (Lipinski definition) is 2. The minimum Gasteiger partial charge on any atom is -0.490 e. The molecule has 3 aliphatic rings. The highest BCUT2D eigenvalue weighted by Gasteiger charge is 2.49. The van der Waals surface area contributed by atoms with Gasteiger partial charge in [0.1, 0.15) is 6.61 Å². The van der Waals surface area contributed by atoms with E-state index in [1.165, 1.54) is 12.1 Å². The summed E-state index contributed by atoms with van der Waals surface area (Å²) in [5, 5.41) is 18.9. The highest BCUT2D eigenvalue weighted by molar-refractivity contribution is 6.07. The molecule has 1 aliphatic heterocycles. The highest BCUT2D eigenvalue weighted by atomic mass is 16.5. The second-order valence-electron chi connectivity index (χ2n) is 14.6. The van der Waals surface area contributed by atoms with Crippen molar-refractivity contribution in [2.24, 2.45) is 10.8 Å². The van der Waals surface area contributed by atoms with E-state index in [2.05, 4.69) is 34.3 Å². The minimum atomic E-state index is -1.01. The van der Waals surface area contributed by atoms with Gasteiger partial charge in [-0.05, 0) is 66.3 Å². The van der Waals surface area contributed by atoms with Crippen LogP contribution in [0.3, 0.4) is 0 Å². The van der Waals surface area contributed by atoms with Gasteiger partial charge in [0.05, 0.1) is 18.6 Å². The van der Waals surface area contributed by atoms with Crippen molar-refractivity contribution in [1.29, 1.82) is 0 Å². The fourth-order valence-corrected chi connectivity index (χ4v) is 7.34. The van der Waals surface area contributed by atoms with E-state index in [1.807, 2.05) is 24.0 Å². The second-order valence-corrected chi connectivity index (χ2v) is 14.6. The molecule has 0 atom stereocenters. The van der Waals surface area contributed by atoms with E-state index in [1.54, 1.807) is 18.2 Å². The van der Waals surface area contributed by atoms with Crippen LogP contribution in [0, 0.1) is 10.8 Å². The predicted octanol–water partition coefficient (Wildman–Crippen LogP) is 7.25. The maximum atomic E-state index is 14.2. The normalized spacial score (nSPS) is 18.7. The number of hydrogen-bond acceptors (Lipinski definition) is 7. The maximum Gasteiger partial charge on any atom is 0.335 e. The Kier molecular flexibility index (Phi) is 9.72. The van der Waals surface area contributed by atoms with Crippen LogP contribution in [0.5, 0.6) is 11.5 Å². The van der Waals surface area contributed by atoms with E-state index in [-0.39, 0.29) is 47.5 Å². The zero-order valence-corrected chi connectivity index (χ0v) is 28.5. The lowest BCUT2D eigenvalue weighted by Crippen LogP contribution is -2.45. The Morgan fingerprint density at radius 2 is 1.50 bits per heavy atom. The molecule has 0 saturated carbocycles. The first-order valence-corrected chi connectivity index (χ1v) is 16.5. The van der Waals surface area contributed by atoms with Gasteiger partial charge in [-0.1, -0.05) is 52.0 Å². The molecule has 0 amide bonds. The van der Waals surface area contributed by atoms with Crippen LogP contribution >= 0.6 is 0 Å². The van der Waals surface area contributed by atoms with Crippen molar-refractivity contribution in [2.75, 3.05) is 13.2 Å². The molecule has 0 bridgehead atoms. The van der Waals surface area contributed by atoms with Gasteiger partial charge in [-0.15, -0.1) is 6.58 Å². The van der Waals surface area contributed by atoms with Crippen LogP contribution in [0.4, 0.5) is 0 Å². The van der Waals surface area contributed by atoms with Gasteiger partial charge in [0.25, 0.3) is 0 Å². The van der Waals surface area contributed by atoms with Crippen LogP contribution in [0.2, 0.25) is 0 Å². The second kappa shape index (κ2) is 13.5. The molecular formula is C39H45NO8. The zero-order chi connectivity index (χ0) is 35.0. The molecule has 0 radical (unpaired) electrons. The van der Waals surface area contributed by atoms with Gasteiger partial charge in [0, 0.05) is 53.4 Å². The molecule has 48 heavy (non-hydrogen) atoms. The van der Waals surface area contributed by atoms with Crippen LogP contribution in [-0.4, -0.2) is 51.8 Å². The fourth-order valence-electron chi connectivity index (χ4n) is 7.34. The largest absolute Gasteiger partial charge is 0.490 e. The zero-order valence-electron chi connectivity index (χ0n) is 28.5. The summed E-state index contributed by atoms with van der Waals surface area (Å²) in [5.41, 5.74) is 4.54. The molecule has 2 aromatic carbocycles. The fraction of sp³-hybridized carbons (Fsp3) is 0.436. The standard InChI is InChI=1S/C39H45NO8/c1-7-9-25-16-26(17-31(47-8-2)36(25)48-22-23-10-12-24(13-11-23)37(45)46)33-34-27(18-38(3,4)20-29(34)41)40(15-14-32(43)44)28-19-39(5,6)21-30(42)35(28)33/h7,10-13,16-17,33H,1,8-9,14-15,18-22H2,2-6H3,(H,43,44)(H,45,46). The smallest absolute Gasteiger partial charge is 0.335 e. The predicted molar refractivity (Wildman–Crippen MR) is 181 cm³/mol. The summed E-state index contributed by atoms with van der Waals surface area (Å²) < 4.78 is 12.5. The van der Waals surface area contributed by atoms with Crippen molar-refractivity contribution in [3.8, 4) is 11.5 Å². The number of ketones is 2. The Balaban J connectivity index is 1.68. The number of Topliss-reactive ketones (excluding diaryl/α,β-unsaturated/α-hetero) is 2. The third kappa shape index (κ3) is 7.10. The summed E-state index contributed by atoms with van der Waals surface area (Å²) in [4.78, 5) is 53.5. The first kappa shape index (κ1) is 34.7. The first-order valence-electron chi connectivity index (χ1n) is 16.5. The van der Waals surface area contributed by atoms with Gasteiger partial charge >= 0.3 is 11.9 Å². The monoisotopic (exact) mass is 655 g/mol. The van der Waals surface area contributed by atoms with Gasteiger partial charge in [-0.25, -0.2) is 4.79 Å². The number of nitrogens with zero attached hydrogens (tertiary/aromatic N) is 1. The Morgan fingerprint density at radius 3 is 2.00 bits per heavy atom. The molecule has 2 aliphatic carbocycles. The summed E-state index contributed by atoms with van der Waals surface area (Å²) in [6.45, 7) is 14.7. The van der Waals surface area contributed by atoms with E-state index in [4.69, 9.17) is 9.47 Å². The maximum absolute atomic E-state index is 14.2. The van der Waals surface area contributed by atoms with Gasteiger partial charge in [-0.2, -0.15) is 0 Å². The third-order valence-corrected chi connectivity index (χ3v) is 9.31. The van der Waals surface area contributed by atoms with Crippen LogP contribution in [0.25, 0.3) is 0 Å². The van der Waals surface area contributed by atoms with Crippen molar-refractivity contribution in [3.63, 3.8) is 0 Å². The number of allylic oxidation sites excluding steroid dienone is 5. The number of carboxylic acid groups (broad SMARTS) is 2. The number of ether oxygens (including phenoxy) is 2. The summed E-state index contributed by atoms with van der Waals surface area (Å²) in [6, 6.07) is 10.3. The summed E-state index contributed by atoms with van der Waals surface area (Å²) in [6.07, 6.45) is 3.86. The van der Waals surface area contributed by atoms with E-state index in [0.29, 0.717) is 61.4 Å². The molecule has 5 rings (SSSR count). The molecule has 0 fully saturated rings. The quantitative estimate of drug-likeness (QED) is 0.227. The number of aliphatic carboxylic acids is 1. The lowest BCUT2D eigenvalue weighted by atomic mass is 9.63. The lowest BCUT2D eigenvalue weighted by Gasteiger charge is -2.49. The number of rotatable bonds is 12. The number of benzene rings is 2. The molecule has 0 aromatic heterocycles. The SMILES string of the molecule is C=CCc1cc(C2C3=C(CC(C)(C)CC3=O)N(CCC(=O)O)C3=C2C(=O)CC(C)(C)C3)cc(OCC)c1OCc1ccc(C(=O)O)cc1. The molecule has 0 saturated heterocycles. The van der Waals surface area contributed by atoms with E-state index in [0.717, 1.165) is 28.1 Å². The van der Waals surface area contributed by atoms with Crippen molar-refractivity contribution in [1.82, 2.24) is 4.90 Å². The van der Waals surface area contributed by atoms with E-state index in [9.17, 15) is 29.4 Å². The first-order chi connectivity index (χ1) is 22.6. The molecule has 9 heteroatoms. The van der Waals surface area contributed by atoms with Gasteiger partial charge in [0.15, 0.2) is 23.1 Å². The Hall–Kier alpha value is -4.66. The molecule has 0 spiro atoms. The molecule has 0 unspecified atom stereocenters. The number of aromatic carboxylic acids is 1.